The number of aromatic nitrogens is 2. The minimum Gasteiger partial charge on any atom is -0.447 e. The van der Waals surface area contributed by atoms with Gasteiger partial charge in [0.05, 0.1) is 20.9 Å². The molecule has 2 aromatic heterocycles. The molecule has 1 saturated carbocycles. The van der Waals surface area contributed by atoms with Crippen molar-refractivity contribution in [1.29, 1.82) is 0 Å². The number of amides is 1. The third-order valence-electron chi connectivity index (χ3n) is 7.64. The van der Waals surface area contributed by atoms with Crippen molar-refractivity contribution in [2.24, 2.45) is 0 Å². The molecular weight excluding hydrogens is 611 g/mol. The Kier molecular flexibility index (Phi) is 11.6. The second-order valence-corrected chi connectivity index (χ2v) is 15.9. The van der Waals surface area contributed by atoms with Gasteiger partial charge in [-0.25, -0.2) is 22.9 Å². The largest absolute Gasteiger partial charge is 0.447 e. The van der Waals surface area contributed by atoms with Gasteiger partial charge in [-0.1, -0.05) is 19.1 Å². The fourth-order valence-corrected chi connectivity index (χ4v) is 8.34. The number of thiazole rings is 1. The summed E-state index contributed by atoms with van der Waals surface area (Å²) in [4.78, 5) is 22.0. The first-order valence-electron chi connectivity index (χ1n) is 15.7. The van der Waals surface area contributed by atoms with Crippen LogP contribution in [0.3, 0.4) is 0 Å². The van der Waals surface area contributed by atoms with Gasteiger partial charge in [-0.15, -0.1) is 11.3 Å². The summed E-state index contributed by atoms with van der Waals surface area (Å²) >= 11 is 1.50. The SMILES string of the molecule is CC(C)OC(=O)NC1CCC(c2ncc(-c3ccc(N[C@H](O)CC[C@@H](C)c4ccccn4)cc3S(=O)(=O)NC(C)(C)C)s2)CC1. The number of pyridine rings is 1. The second kappa shape index (κ2) is 15.0. The molecule has 4 N–H and O–H groups in total. The molecule has 246 valence electrons. The van der Waals surface area contributed by atoms with E-state index in [1.54, 1.807) is 51.4 Å². The molecule has 0 spiro atoms. The maximum Gasteiger partial charge on any atom is 0.407 e. The van der Waals surface area contributed by atoms with E-state index in [1.807, 2.05) is 32.0 Å². The molecule has 1 aromatic carbocycles. The van der Waals surface area contributed by atoms with Crippen molar-refractivity contribution in [3.63, 3.8) is 0 Å². The van der Waals surface area contributed by atoms with Gasteiger partial charge in [0.25, 0.3) is 0 Å². The van der Waals surface area contributed by atoms with E-state index in [-0.39, 0.29) is 35.0 Å². The molecule has 2 atom stereocenters. The van der Waals surface area contributed by atoms with Crippen LogP contribution in [0.2, 0.25) is 0 Å². The predicted molar refractivity (Wildman–Crippen MR) is 179 cm³/mol. The quantitative estimate of drug-likeness (QED) is 0.157. The summed E-state index contributed by atoms with van der Waals surface area (Å²) in [5.74, 6) is 0.408. The normalized spacial score (nSPS) is 18.8. The maximum atomic E-state index is 13.7. The van der Waals surface area contributed by atoms with Gasteiger partial charge in [0.15, 0.2) is 0 Å². The Labute approximate surface area is 271 Å². The lowest BCUT2D eigenvalue weighted by molar-refractivity contribution is 0.109. The van der Waals surface area contributed by atoms with Crippen molar-refractivity contribution in [3.8, 4) is 10.4 Å². The summed E-state index contributed by atoms with van der Waals surface area (Å²) in [6.45, 7) is 11.1. The highest BCUT2D eigenvalue weighted by Gasteiger charge is 2.29. The minimum atomic E-state index is -3.91. The molecule has 0 saturated heterocycles. The number of aliphatic hydroxyl groups is 1. The Bertz CT molecular complexity index is 1510. The monoisotopic (exact) mass is 657 g/mol. The molecule has 0 aliphatic heterocycles. The van der Waals surface area contributed by atoms with Crippen LogP contribution in [-0.2, 0) is 14.8 Å². The van der Waals surface area contributed by atoms with Crippen molar-refractivity contribution >= 4 is 33.1 Å². The highest BCUT2D eigenvalue weighted by atomic mass is 32.2. The molecule has 1 aliphatic rings. The van der Waals surface area contributed by atoms with Gasteiger partial charge in [-0.05, 0) is 103 Å². The average molecular weight is 658 g/mol. The fraction of sp³-hybridized carbons (Fsp3) is 0.545. The van der Waals surface area contributed by atoms with E-state index in [0.717, 1.165) is 41.3 Å². The van der Waals surface area contributed by atoms with Crippen molar-refractivity contribution in [1.82, 2.24) is 20.0 Å². The van der Waals surface area contributed by atoms with E-state index in [4.69, 9.17) is 9.72 Å². The number of carbonyl (C=O) groups is 1. The third kappa shape index (κ3) is 10.2. The summed E-state index contributed by atoms with van der Waals surface area (Å²) in [6, 6.07) is 11.0. The van der Waals surface area contributed by atoms with Crippen molar-refractivity contribution in [2.45, 2.75) is 121 Å². The van der Waals surface area contributed by atoms with Gasteiger partial charge in [-0.3, -0.25) is 4.98 Å². The van der Waals surface area contributed by atoms with Gasteiger partial charge < -0.3 is 20.5 Å². The highest BCUT2D eigenvalue weighted by molar-refractivity contribution is 7.89. The molecule has 1 fully saturated rings. The molecule has 0 radical (unpaired) electrons. The molecule has 12 heteroatoms. The van der Waals surface area contributed by atoms with E-state index in [9.17, 15) is 18.3 Å². The lowest BCUT2D eigenvalue weighted by Gasteiger charge is -2.28. The minimum absolute atomic E-state index is 0.0702. The maximum absolute atomic E-state index is 13.7. The van der Waals surface area contributed by atoms with E-state index in [2.05, 4.69) is 27.3 Å². The van der Waals surface area contributed by atoms with Crippen molar-refractivity contribution < 1.29 is 23.1 Å². The zero-order valence-corrected chi connectivity index (χ0v) is 28.7. The van der Waals surface area contributed by atoms with Crippen molar-refractivity contribution in [3.05, 3.63) is 59.5 Å². The Morgan fingerprint density at radius 1 is 1.07 bits per heavy atom. The molecule has 0 unspecified atom stereocenters. The number of hydrogen-bond acceptors (Lipinski definition) is 9. The van der Waals surface area contributed by atoms with Gasteiger partial charge in [0.1, 0.15) is 6.23 Å². The average Bonchev–Trinajstić information content (AvgIpc) is 3.45. The molecule has 1 aliphatic carbocycles. The number of nitrogens with one attached hydrogen (secondary N) is 3. The zero-order chi connectivity index (χ0) is 32.8. The van der Waals surface area contributed by atoms with Crippen LogP contribution in [0.1, 0.15) is 103 Å². The molecule has 4 rings (SSSR count). The Morgan fingerprint density at radius 2 is 1.80 bits per heavy atom. The molecule has 0 bridgehead atoms. The number of nitrogens with zero attached hydrogens (tertiary/aromatic N) is 2. The van der Waals surface area contributed by atoms with Gasteiger partial charge in [-0.2, -0.15) is 0 Å². The Morgan fingerprint density at radius 3 is 2.44 bits per heavy atom. The summed E-state index contributed by atoms with van der Waals surface area (Å²) < 4.78 is 35.4. The van der Waals surface area contributed by atoms with Crippen LogP contribution in [-0.4, -0.2) is 53.5 Å². The lowest BCUT2D eigenvalue weighted by Crippen LogP contribution is -2.40. The molecule has 45 heavy (non-hydrogen) atoms. The lowest BCUT2D eigenvalue weighted by atomic mass is 9.86. The molecule has 3 aromatic rings. The standard InChI is InChI=1S/C33H47N5O5S2/c1-21(2)43-32(40)37-24-13-11-23(12-14-24)31-35-20-28(44-31)26-16-15-25(19-29(26)45(41,42)38-33(4,5)6)36-30(39)17-10-22(3)27-9-7-8-18-34-27/h7-9,15-16,18-24,30,36,38-39H,10-14,17H2,1-6H3,(H,37,40)/t22-,23?,24?,30-/m1/s1. The van der Waals surface area contributed by atoms with Gasteiger partial charge >= 0.3 is 6.09 Å². The van der Waals surface area contributed by atoms with E-state index in [0.29, 0.717) is 24.1 Å². The predicted octanol–water partition coefficient (Wildman–Crippen LogP) is 6.76. The smallest absolute Gasteiger partial charge is 0.407 e. The first kappa shape index (κ1) is 34.8. The highest BCUT2D eigenvalue weighted by Crippen LogP contribution is 2.40. The number of rotatable bonds is 12. The van der Waals surface area contributed by atoms with Crippen molar-refractivity contribution in [2.75, 3.05) is 5.32 Å². The van der Waals surface area contributed by atoms with E-state index < -0.39 is 21.8 Å². The number of ether oxygens (including phenoxy) is 1. The Hall–Kier alpha value is -3.06. The summed E-state index contributed by atoms with van der Waals surface area (Å²) in [5.41, 5.74) is 1.35. The zero-order valence-electron chi connectivity index (χ0n) is 27.0. The molecule has 2 heterocycles. The number of sulfonamides is 1. The number of aliphatic hydroxyl groups excluding tert-OH is 1. The Balaban J connectivity index is 1.48. The molecule has 1 amide bonds. The third-order valence-corrected chi connectivity index (χ3v) is 10.6. The fourth-order valence-electron chi connectivity index (χ4n) is 5.48. The van der Waals surface area contributed by atoms with Crippen LogP contribution in [0.25, 0.3) is 10.4 Å². The van der Waals surface area contributed by atoms with Crippen LogP contribution in [0.15, 0.2) is 53.7 Å². The summed E-state index contributed by atoms with van der Waals surface area (Å²) in [5, 5.41) is 17.8. The van der Waals surface area contributed by atoms with Gasteiger partial charge in [0, 0.05) is 46.8 Å². The first-order chi connectivity index (χ1) is 21.2. The van der Waals surface area contributed by atoms with Crippen LogP contribution in [0.5, 0.6) is 0 Å². The number of anilines is 1. The van der Waals surface area contributed by atoms with E-state index in [1.165, 1.54) is 11.3 Å². The second-order valence-electron chi connectivity index (χ2n) is 13.2. The summed E-state index contributed by atoms with van der Waals surface area (Å²) in [7, 11) is -3.91. The van der Waals surface area contributed by atoms with Gasteiger partial charge in [0.2, 0.25) is 10.0 Å². The topological polar surface area (TPSA) is 143 Å². The number of benzene rings is 1. The van der Waals surface area contributed by atoms with Crippen LogP contribution >= 0.6 is 11.3 Å². The number of carbonyl (C=O) groups excluding carboxylic acids is 1. The summed E-state index contributed by atoms with van der Waals surface area (Å²) in [6.07, 6.45) is 6.67. The van der Waals surface area contributed by atoms with Crippen LogP contribution < -0.4 is 15.4 Å². The molecular formula is C33H47N5O5S2. The molecule has 10 nitrogen and oxygen atoms in total. The number of hydrogen-bond donors (Lipinski definition) is 4. The first-order valence-corrected chi connectivity index (χ1v) is 18.0. The number of alkyl carbamates (subject to hydrolysis) is 1. The van der Waals surface area contributed by atoms with Crippen LogP contribution in [0, 0.1) is 0 Å². The van der Waals surface area contributed by atoms with Crippen LogP contribution in [0.4, 0.5) is 10.5 Å². The van der Waals surface area contributed by atoms with E-state index >= 15 is 0 Å².